The largest absolute Gasteiger partial charge is 0.352 e. The van der Waals surface area contributed by atoms with Gasteiger partial charge in [0.15, 0.2) is 0 Å². The van der Waals surface area contributed by atoms with E-state index in [2.05, 4.69) is 24.1 Å². The van der Waals surface area contributed by atoms with Crippen LogP contribution in [0.15, 0.2) is 0 Å². The number of nitrogens with one attached hydrogen (secondary N) is 1. The van der Waals surface area contributed by atoms with Crippen LogP contribution < -0.4 is 11.1 Å². The molecule has 1 atom stereocenters. The Morgan fingerprint density at radius 2 is 1.59 bits per heavy atom. The molecule has 3 N–H and O–H groups in total. The molecule has 0 radical (unpaired) electrons. The highest BCUT2D eigenvalue weighted by Gasteiger charge is 2.31. The summed E-state index contributed by atoms with van der Waals surface area (Å²) in [5.74, 6) is 0.612. The summed E-state index contributed by atoms with van der Waals surface area (Å²) in [5.41, 5.74) is 5.93. The Morgan fingerprint density at radius 1 is 1.05 bits per heavy atom. The van der Waals surface area contributed by atoms with Crippen LogP contribution >= 0.6 is 24.8 Å². The zero-order chi connectivity index (χ0) is 14.5. The fourth-order valence-electron chi connectivity index (χ4n) is 3.64. The maximum Gasteiger partial charge on any atom is 0.237 e. The van der Waals surface area contributed by atoms with Gasteiger partial charge in [0.2, 0.25) is 5.91 Å². The minimum absolute atomic E-state index is 0. The van der Waals surface area contributed by atoms with E-state index in [-0.39, 0.29) is 36.8 Å². The van der Waals surface area contributed by atoms with Crippen molar-refractivity contribution in [3.05, 3.63) is 0 Å². The molecular weight excluding hydrogens is 321 g/mol. The Bertz CT molecular complexity index is 315. The molecule has 132 valence electrons. The van der Waals surface area contributed by atoms with E-state index in [1.54, 1.807) is 0 Å². The molecule has 1 aliphatic heterocycles. The van der Waals surface area contributed by atoms with Crippen molar-refractivity contribution < 1.29 is 4.79 Å². The van der Waals surface area contributed by atoms with Crippen LogP contribution in [0, 0.1) is 5.92 Å². The molecule has 1 aliphatic carbocycles. The monoisotopic (exact) mass is 353 g/mol. The summed E-state index contributed by atoms with van der Waals surface area (Å²) in [6, 6.07) is 0.727. The first kappa shape index (κ1) is 22.0. The molecule has 2 rings (SSSR count). The minimum Gasteiger partial charge on any atom is -0.352 e. The Morgan fingerprint density at radius 3 is 2.09 bits per heavy atom. The fraction of sp³-hybridized carbons (Fsp3) is 0.938. The van der Waals surface area contributed by atoms with E-state index in [9.17, 15) is 4.79 Å². The summed E-state index contributed by atoms with van der Waals surface area (Å²) in [6.45, 7) is 6.48. The zero-order valence-corrected chi connectivity index (χ0v) is 15.6. The van der Waals surface area contributed by atoms with E-state index in [4.69, 9.17) is 5.73 Å². The first-order chi connectivity index (χ1) is 9.58. The average molecular weight is 354 g/mol. The number of likely N-dealkylation sites (tertiary alicyclic amines) is 1. The van der Waals surface area contributed by atoms with Crippen molar-refractivity contribution in [1.82, 2.24) is 10.2 Å². The highest BCUT2D eigenvalue weighted by atomic mass is 35.5. The molecule has 0 aromatic carbocycles. The van der Waals surface area contributed by atoms with Gasteiger partial charge in [-0.15, -0.1) is 24.8 Å². The first-order valence-electron chi connectivity index (χ1n) is 8.38. The first-order valence-corrected chi connectivity index (χ1v) is 8.38. The molecule has 1 amide bonds. The number of carbonyl (C=O) groups excluding carboxylic acids is 1. The maximum atomic E-state index is 12.6. The summed E-state index contributed by atoms with van der Waals surface area (Å²) < 4.78 is 0. The Kier molecular flexibility index (Phi) is 10.7. The van der Waals surface area contributed by atoms with Gasteiger partial charge in [0.05, 0.1) is 6.04 Å². The van der Waals surface area contributed by atoms with Gasteiger partial charge >= 0.3 is 0 Å². The average Bonchev–Trinajstić information content (AvgIpc) is 2.42. The number of nitrogens with zero attached hydrogens (tertiary/aromatic N) is 1. The van der Waals surface area contributed by atoms with Crippen molar-refractivity contribution in [3.8, 4) is 0 Å². The van der Waals surface area contributed by atoms with Crippen LogP contribution in [0.5, 0.6) is 0 Å². The molecule has 2 aliphatic rings. The number of amides is 1. The van der Waals surface area contributed by atoms with E-state index in [0.717, 1.165) is 38.8 Å². The fourth-order valence-corrected chi connectivity index (χ4v) is 3.64. The van der Waals surface area contributed by atoms with Crippen LogP contribution in [0.2, 0.25) is 0 Å². The zero-order valence-electron chi connectivity index (χ0n) is 13.9. The van der Waals surface area contributed by atoms with Crippen molar-refractivity contribution in [2.24, 2.45) is 11.7 Å². The number of carbonyl (C=O) groups is 1. The van der Waals surface area contributed by atoms with Crippen LogP contribution in [-0.2, 0) is 4.79 Å². The maximum absolute atomic E-state index is 12.6. The van der Waals surface area contributed by atoms with Crippen LogP contribution in [0.1, 0.15) is 58.8 Å². The van der Waals surface area contributed by atoms with E-state index in [1.165, 1.54) is 19.3 Å². The van der Waals surface area contributed by atoms with Gasteiger partial charge in [-0.2, -0.15) is 0 Å². The van der Waals surface area contributed by atoms with Gasteiger partial charge in [0.1, 0.15) is 0 Å². The quantitative estimate of drug-likeness (QED) is 0.816. The number of hydrogen-bond donors (Lipinski definition) is 2. The van der Waals surface area contributed by atoms with E-state index < -0.39 is 0 Å². The lowest BCUT2D eigenvalue weighted by Crippen LogP contribution is -2.54. The molecule has 1 saturated carbocycles. The molecular formula is C16H33Cl2N3O. The van der Waals surface area contributed by atoms with Gasteiger partial charge in [0.25, 0.3) is 0 Å². The summed E-state index contributed by atoms with van der Waals surface area (Å²) in [5, 5.41) is 3.28. The standard InChI is InChI=1S/C16H31N3O.2ClH/c1-12(2)15(19-10-4-3-5-11-19)16(20)18-14-8-6-13(17)7-9-14;;/h12-15H,3-11,17H2,1-2H3,(H,18,20);2*1H. The number of hydrogen-bond acceptors (Lipinski definition) is 3. The van der Waals surface area contributed by atoms with Crippen LogP contribution in [0.25, 0.3) is 0 Å². The highest BCUT2D eigenvalue weighted by molar-refractivity contribution is 5.85. The van der Waals surface area contributed by atoms with Crippen LogP contribution in [0.4, 0.5) is 0 Å². The van der Waals surface area contributed by atoms with Crippen molar-refractivity contribution in [1.29, 1.82) is 0 Å². The molecule has 0 spiro atoms. The van der Waals surface area contributed by atoms with Gasteiger partial charge in [0, 0.05) is 12.1 Å². The van der Waals surface area contributed by atoms with Crippen LogP contribution in [-0.4, -0.2) is 42.0 Å². The smallest absolute Gasteiger partial charge is 0.237 e. The summed E-state index contributed by atoms with van der Waals surface area (Å²) in [6.07, 6.45) is 7.93. The third-order valence-corrected chi connectivity index (χ3v) is 4.80. The van der Waals surface area contributed by atoms with Gasteiger partial charge in [-0.25, -0.2) is 0 Å². The van der Waals surface area contributed by atoms with Crippen molar-refractivity contribution in [2.45, 2.75) is 76.9 Å². The van der Waals surface area contributed by atoms with Crippen molar-refractivity contribution in [2.75, 3.05) is 13.1 Å². The second kappa shape index (κ2) is 10.7. The molecule has 6 heteroatoms. The topological polar surface area (TPSA) is 58.4 Å². The lowest BCUT2D eigenvalue weighted by molar-refractivity contribution is -0.129. The Labute approximate surface area is 147 Å². The predicted octanol–water partition coefficient (Wildman–Crippen LogP) is 2.73. The lowest BCUT2D eigenvalue weighted by Gasteiger charge is -2.37. The molecule has 22 heavy (non-hydrogen) atoms. The Hall–Kier alpha value is -0.0300. The lowest BCUT2D eigenvalue weighted by atomic mass is 9.91. The number of nitrogens with two attached hydrogens (primary N) is 1. The van der Waals surface area contributed by atoms with Gasteiger partial charge in [-0.1, -0.05) is 20.3 Å². The predicted molar refractivity (Wildman–Crippen MR) is 96.9 cm³/mol. The Balaban J connectivity index is 0.00000220. The third kappa shape index (κ3) is 6.23. The number of halogens is 2. The molecule has 1 unspecified atom stereocenters. The van der Waals surface area contributed by atoms with Gasteiger partial charge in [-0.05, 0) is 57.5 Å². The van der Waals surface area contributed by atoms with Gasteiger partial charge in [-0.3, -0.25) is 9.69 Å². The second-order valence-electron chi connectivity index (χ2n) is 6.91. The highest BCUT2D eigenvalue weighted by Crippen LogP contribution is 2.20. The minimum atomic E-state index is 0. The molecule has 1 heterocycles. The van der Waals surface area contributed by atoms with Crippen LogP contribution in [0.3, 0.4) is 0 Å². The molecule has 4 nitrogen and oxygen atoms in total. The second-order valence-corrected chi connectivity index (χ2v) is 6.91. The van der Waals surface area contributed by atoms with Gasteiger partial charge < -0.3 is 11.1 Å². The normalized spacial score (nSPS) is 27.5. The number of piperidine rings is 1. The summed E-state index contributed by atoms with van der Waals surface area (Å²) in [7, 11) is 0. The molecule has 1 saturated heterocycles. The molecule has 2 fully saturated rings. The van der Waals surface area contributed by atoms with E-state index >= 15 is 0 Å². The summed E-state index contributed by atoms with van der Waals surface area (Å²) >= 11 is 0. The SMILES string of the molecule is CC(C)C(C(=O)NC1CCC(N)CC1)N1CCCCC1.Cl.Cl. The van der Waals surface area contributed by atoms with Crippen molar-refractivity contribution in [3.63, 3.8) is 0 Å². The molecule has 0 aromatic rings. The molecule has 0 aromatic heterocycles. The molecule has 0 bridgehead atoms. The van der Waals surface area contributed by atoms with E-state index in [1.807, 2.05) is 0 Å². The third-order valence-electron chi connectivity index (χ3n) is 4.80. The summed E-state index contributed by atoms with van der Waals surface area (Å²) in [4.78, 5) is 15.0. The van der Waals surface area contributed by atoms with E-state index in [0.29, 0.717) is 18.0 Å². The van der Waals surface area contributed by atoms with Crippen molar-refractivity contribution >= 4 is 30.7 Å². The number of rotatable bonds is 4.